The highest BCUT2D eigenvalue weighted by Crippen LogP contribution is 2.21. The number of benzene rings is 2. The maximum atomic E-state index is 13.6. The van der Waals surface area contributed by atoms with Gasteiger partial charge in [-0.2, -0.15) is 12.7 Å². The van der Waals surface area contributed by atoms with Crippen molar-refractivity contribution >= 4 is 43.6 Å². The van der Waals surface area contributed by atoms with Gasteiger partial charge in [0.1, 0.15) is 12.6 Å². The van der Waals surface area contributed by atoms with Crippen molar-refractivity contribution in [1.29, 1.82) is 0 Å². The van der Waals surface area contributed by atoms with Crippen LogP contribution in [0.25, 0.3) is 0 Å². The van der Waals surface area contributed by atoms with Crippen molar-refractivity contribution in [2.75, 3.05) is 31.5 Å². The number of nitrogens with zero attached hydrogens (tertiary/aromatic N) is 3. The van der Waals surface area contributed by atoms with Crippen LogP contribution in [0.15, 0.2) is 59.1 Å². The fourth-order valence-corrected chi connectivity index (χ4v) is 4.45. The predicted molar refractivity (Wildman–Crippen MR) is 138 cm³/mol. The molecule has 0 aliphatic rings. The Bertz CT molecular complexity index is 1060. The Hall–Kier alpha value is -2.43. The van der Waals surface area contributed by atoms with Crippen LogP contribution >= 0.6 is 15.9 Å². The molecule has 8 nitrogen and oxygen atoms in total. The van der Waals surface area contributed by atoms with Gasteiger partial charge in [-0.1, -0.05) is 60.1 Å². The molecule has 0 aliphatic heterocycles. The minimum absolute atomic E-state index is 0.160. The van der Waals surface area contributed by atoms with Crippen LogP contribution in [0.3, 0.4) is 0 Å². The molecule has 0 saturated heterocycles. The van der Waals surface area contributed by atoms with E-state index in [9.17, 15) is 18.0 Å². The fraction of sp³-hybridized carbons (Fsp3) is 0.417. The number of rotatable bonds is 11. The molecule has 0 aliphatic carbocycles. The molecular formula is C24H33BrN4O4S. The number of amides is 2. The van der Waals surface area contributed by atoms with E-state index in [4.69, 9.17) is 0 Å². The topological polar surface area (TPSA) is 90.0 Å². The first-order valence-electron chi connectivity index (χ1n) is 11.0. The molecule has 2 aromatic rings. The van der Waals surface area contributed by atoms with Crippen molar-refractivity contribution in [1.82, 2.24) is 14.5 Å². The molecule has 34 heavy (non-hydrogen) atoms. The summed E-state index contributed by atoms with van der Waals surface area (Å²) in [6, 6.07) is 15.1. The summed E-state index contributed by atoms with van der Waals surface area (Å²) in [4.78, 5) is 27.8. The van der Waals surface area contributed by atoms with Crippen LogP contribution in [0.4, 0.5) is 5.69 Å². The lowest BCUT2D eigenvalue weighted by Gasteiger charge is -2.33. The van der Waals surface area contributed by atoms with Crippen LogP contribution in [0, 0.1) is 5.92 Å². The lowest BCUT2D eigenvalue weighted by molar-refractivity contribution is -0.139. The molecule has 2 rings (SSSR count). The first-order valence-corrected chi connectivity index (χ1v) is 13.2. The van der Waals surface area contributed by atoms with Crippen molar-refractivity contribution in [3.05, 3.63) is 64.6 Å². The molecule has 0 heterocycles. The molecular weight excluding hydrogens is 520 g/mol. The van der Waals surface area contributed by atoms with Gasteiger partial charge in [-0.25, -0.2) is 4.31 Å². The molecule has 1 unspecified atom stereocenters. The van der Waals surface area contributed by atoms with Crippen LogP contribution in [-0.2, 0) is 26.3 Å². The minimum atomic E-state index is -3.95. The van der Waals surface area contributed by atoms with E-state index in [0.717, 1.165) is 18.6 Å². The van der Waals surface area contributed by atoms with E-state index in [0.29, 0.717) is 12.2 Å². The molecule has 0 radical (unpaired) electrons. The third kappa shape index (κ3) is 7.54. The number of carbonyl (C=O) groups is 2. The zero-order valence-corrected chi connectivity index (χ0v) is 22.6. The summed E-state index contributed by atoms with van der Waals surface area (Å²) in [6.07, 6.45) is 0. The second-order valence-corrected chi connectivity index (χ2v) is 11.6. The summed E-state index contributed by atoms with van der Waals surface area (Å²) in [7, 11) is -1.13. The van der Waals surface area contributed by atoms with Gasteiger partial charge in [0.15, 0.2) is 0 Å². The summed E-state index contributed by atoms with van der Waals surface area (Å²) < 4.78 is 29.1. The summed E-state index contributed by atoms with van der Waals surface area (Å²) in [5, 5.41) is 2.87. The van der Waals surface area contributed by atoms with Gasteiger partial charge < -0.3 is 10.2 Å². The van der Waals surface area contributed by atoms with E-state index in [2.05, 4.69) is 21.2 Å². The number of carbonyl (C=O) groups excluding carboxylic acids is 2. The van der Waals surface area contributed by atoms with E-state index < -0.39 is 28.7 Å². The Kier molecular flexibility index (Phi) is 10.1. The maximum Gasteiger partial charge on any atom is 0.304 e. The molecule has 186 valence electrons. The minimum Gasteiger partial charge on any atom is -0.354 e. The number of nitrogens with one attached hydrogen (secondary N) is 1. The molecule has 0 aromatic heterocycles. The number of anilines is 1. The summed E-state index contributed by atoms with van der Waals surface area (Å²) >= 11 is 3.40. The van der Waals surface area contributed by atoms with E-state index in [1.54, 1.807) is 37.3 Å². The van der Waals surface area contributed by atoms with Gasteiger partial charge in [0.2, 0.25) is 11.8 Å². The van der Waals surface area contributed by atoms with Gasteiger partial charge >= 0.3 is 10.2 Å². The van der Waals surface area contributed by atoms with E-state index in [1.165, 1.54) is 19.0 Å². The molecule has 10 heteroatoms. The monoisotopic (exact) mass is 552 g/mol. The second-order valence-electron chi connectivity index (χ2n) is 8.60. The van der Waals surface area contributed by atoms with Gasteiger partial charge in [0.25, 0.3) is 0 Å². The smallest absolute Gasteiger partial charge is 0.304 e. The number of hydrogen-bond donors (Lipinski definition) is 1. The Morgan fingerprint density at radius 1 is 0.971 bits per heavy atom. The lowest BCUT2D eigenvalue weighted by Crippen LogP contribution is -2.52. The SMILES string of the molecule is CC(C)CNC(=O)C(C)N(Cc1ccc(Br)cc1)C(=O)CN(c1ccccc1)S(=O)(=O)N(C)C. The molecule has 0 bridgehead atoms. The van der Waals surface area contributed by atoms with Crippen molar-refractivity contribution in [2.45, 2.75) is 33.4 Å². The second kappa shape index (κ2) is 12.3. The van der Waals surface area contributed by atoms with E-state index >= 15 is 0 Å². The highest BCUT2D eigenvalue weighted by Gasteiger charge is 2.32. The quantitative estimate of drug-likeness (QED) is 0.463. The van der Waals surface area contributed by atoms with Gasteiger partial charge in [-0.05, 0) is 42.7 Å². The van der Waals surface area contributed by atoms with Crippen molar-refractivity contribution < 1.29 is 18.0 Å². The molecule has 1 atom stereocenters. The van der Waals surface area contributed by atoms with Gasteiger partial charge in [-0.15, -0.1) is 0 Å². The van der Waals surface area contributed by atoms with Gasteiger partial charge in [-0.3, -0.25) is 9.59 Å². The first-order chi connectivity index (χ1) is 15.9. The number of para-hydroxylation sites is 1. The van der Waals surface area contributed by atoms with Crippen LogP contribution < -0.4 is 9.62 Å². The van der Waals surface area contributed by atoms with E-state index in [-0.39, 0.29) is 18.4 Å². The van der Waals surface area contributed by atoms with Crippen LogP contribution in [-0.4, -0.2) is 62.7 Å². The van der Waals surface area contributed by atoms with Gasteiger partial charge in [0, 0.05) is 31.7 Å². The number of hydrogen-bond acceptors (Lipinski definition) is 4. The first kappa shape index (κ1) is 27.8. The molecule has 2 aromatic carbocycles. The fourth-order valence-electron chi connectivity index (χ4n) is 3.13. The average molecular weight is 554 g/mol. The predicted octanol–water partition coefficient (Wildman–Crippen LogP) is 3.25. The number of halogens is 1. The summed E-state index contributed by atoms with van der Waals surface area (Å²) in [6.45, 7) is 5.82. The third-order valence-electron chi connectivity index (χ3n) is 5.18. The Labute approximate surface area is 211 Å². The van der Waals surface area contributed by atoms with Crippen LogP contribution in [0.5, 0.6) is 0 Å². The zero-order valence-electron chi connectivity index (χ0n) is 20.2. The Morgan fingerprint density at radius 3 is 2.09 bits per heavy atom. The van der Waals surface area contributed by atoms with Crippen molar-refractivity contribution in [3.63, 3.8) is 0 Å². The molecule has 0 saturated carbocycles. The lowest BCUT2D eigenvalue weighted by atomic mass is 10.1. The van der Waals surface area contributed by atoms with Crippen LogP contribution in [0.2, 0.25) is 0 Å². The largest absolute Gasteiger partial charge is 0.354 e. The third-order valence-corrected chi connectivity index (χ3v) is 7.53. The standard InChI is InChI=1S/C24H33BrN4O4S/c1-18(2)15-26-24(31)19(3)28(16-20-11-13-21(25)14-12-20)23(30)17-29(34(32,33)27(4)5)22-9-7-6-8-10-22/h6-14,18-19H,15-17H2,1-5H3,(H,26,31). The van der Waals surface area contributed by atoms with Gasteiger partial charge in [0.05, 0.1) is 5.69 Å². The van der Waals surface area contributed by atoms with E-state index in [1.807, 2.05) is 38.1 Å². The summed E-state index contributed by atoms with van der Waals surface area (Å²) in [5.74, 6) is -0.518. The molecule has 2 amide bonds. The Balaban J connectivity index is 2.39. The molecule has 0 spiro atoms. The molecule has 1 N–H and O–H groups in total. The average Bonchev–Trinajstić information content (AvgIpc) is 2.80. The zero-order chi connectivity index (χ0) is 25.5. The van der Waals surface area contributed by atoms with Crippen LogP contribution in [0.1, 0.15) is 26.3 Å². The van der Waals surface area contributed by atoms with Crippen molar-refractivity contribution in [2.24, 2.45) is 5.92 Å². The Morgan fingerprint density at radius 2 is 1.56 bits per heavy atom. The molecule has 0 fully saturated rings. The normalized spacial score (nSPS) is 12.5. The maximum absolute atomic E-state index is 13.6. The summed E-state index contributed by atoms with van der Waals surface area (Å²) in [5.41, 5.74) is 1.19. The van der Waals surface area contributed by atoms with Crippen molar-refractivity contribution in [3.8, 4) is 0 Å². The highest BCUT2D eigenvalue weighted by atomic mass is 79.9. The highest BCUT2D eigenvalue weighted by molar-refractivity contribution is 9.10.